The van der Waals surface area contributed by atoms with Gasteiger partial charge in [-0.2, -0.15) is 21.6 Å². The fourth-order valence-corrected chi connectivity index (χ4v) is 3.16. The standard InChI is InChI=1S/C19H27F3O5S/c1-2-3-4-5-6-10-15-26-18(23)14-13-17(16-11-8-7-9-12-16)27-28(24,25)19(20,21)22/h7-9,11-12,17H,2-6,10,13-15H2,1H3. The predicted octanol–water partition coefficient (Wildman–Crippen LogP) is 5.28. The Hall–Kier alpha value is -1.61. The van der Waals surface area contributed by atoms with Gasteiger partial charge in [-0.25, -0.2) is 0 Å². The van der Waals surface area contributed by atoms with Gasteiger partial charge in [0.15, 0.2) is 0 Å². The van der Waals surface area contributed by atoms with Crippen LogP contribution in [-0.2, 0) is 23.8 Å². The number of esters is 1. The number of hydrogen-bond acceptors (Lipinski definition) is 5. The number of unbranched alkanes of at least 4 members (excludes halogenated alkanes) is 5. The number of benzene rings is 1. The maximum absolute atomic E-state index is 12.6. The number of carbonyl (C=O) groups is 1. The smallest absolute Gasteiger partial charge is 0.466 e. The molecule has 0 saturated carbocycles. The second-order valence-electron chi connectivity index (χ2n) is 6.42. The molecule has 0 heterocycles. The van der Waals surface area contributed by atoms with Crippen LogP contribution < -0.4 is 0 Å². The van der Waals surface area contributed by atoms with Crippen LogP contribution in [0.2, 0.25) is 0 Å². The van der Waals surface area contributed by atoms with Gasteiger partial charge in [0.1, 0.15) is 6.10 Å². The number of hydrogen-bond donors (Lipinski definition) is 0. The zero-order valence-corrected chi connectivity index (χ0v) is 16.7. The molecule has 0 aliphatic heterocycles. The van der Waals surface area contributed by atoms with Crippen molar-refractivity contribution < 1.29 is 35.3 Å². The molecule has 0 aromatic heterocycles. The first-order valence-electron chi connectivity index (χ1n) is 9.37. The van der Waals surface area contributed by atoms with Crippen molar-refractivity contribution in [3.8, 4) is 0 Å². The monoisotopic (exact) mass is 424 g/mol. The van der Waals surface area contributed by atoms with E-state index in [1.165, 1.54) is 18.6 Å². The number of carbonyl (C=O) groups excluding carboxylic acids is 1. The topological polar surface area (TPSA) is 69.7 Å². The van der Waals surface area contributed by atoms with Crippen molar-refractivity contribution in [1.29, 1.82) is 0 Å². The summed E-state index contributed by atoms with van der Waals surface area (Å²) >= 11 is 0. The number of alkyl halides is 3. The van der Waals surface area contributed by atoms with Crippen LogP contribution >= 0.6 is 0 Å². The minimum atomic E-state index is -5.78. The molecular weight excluding hydrogens is 397 g/mol. The summed E-state index contributed by atoms with van der Waals surface area (Å²) in [7, 11) is -5.78. The molecule has 0 amide bonds. The number of ether oxygens (including phenoxy) is 1. The molecule has 0 radical (unpaired) electrons. The van der Waals surface area contributed by atoms with E-state index in [0.29, 0.717) is 0 Å². The van der Waals surface area contributed by atoms with Crippen LogP contribution in [0.4, 0.5) is 13.2 Å². The van der Waals surface area contributed by atoms with E-state index in [4.69, 9.17) is 4.74 Å². The highest BCUT2D eigenvalue weighted by Crippen LogP contribution is 2.32. The van der Waals surface area contributed by atoms with E-state index in [-0.39, 0.29) is 25.0 Å². The molecule has 0 aliphatic rings. The lowest BCUT2D eigenvalue weighted by Gasteiger charge is -2.18. The summed E-state index contributed by atoms with van der Waals surface area (Å²) in [4.78, 5) is 11.8. The molecular formula is C19H27F3O5S. The van der Waals surface area contributed by atoms with E-state index >= 15 is 0 Å². The first-order chi connectivity index (χ1) is 13.2. The lowest BCUT2D eigenvalue weighted by molar-refractivity contribution is -0.144. The van der Waals surface area contributed by atoms with Crippen molar-refractivity contribution in [3.05, 3.63) is 35.9 Å². The first-order valence-corrected chi connectivity index (χ1v) is 10.8. The highest BCUT2D eigenvalue weighted by atomic mass is 32.2. The minimum absolute atomic E-state index is 0.235. The van der Waals surface area contributed by atoms with Gasteiger partial charge in [0.2, 0.25) is 0 Å². The Morgan fingerprint density at radius 1 is 1.04 bits per heavy atom. The average Bonchev–Trinajstić information content (AvgIpc) is 2.64. The van der Waals surface area contributed by atoms with Crippen LogP contribution in [-0.4, -0.2) is 26.5 Å². The van der Waals surface area contributed by atoms with Gasteiger partial charge in [-0.05, 0) is 18.4 Å². The Morgan fingerprint density at radius 2 is 1.64 bits per heavy atom. The number of rotatable bonds is 13. The van der Waals surface area contributed by atoms with Crippen LogP contribution in [0.5, 0.6) is 0 Å². The van der Waals surface area contributed by atoms with Crippen molar-refractivity contribution in [1.82, 2.24) is 0 Å². The van der Waals surface area contributed by atoms with Crippen molar-refractivity contribution in [2.45, 2.75) is 69.9 Å². The van der Waals surface area contributed by atoms with Gasteiger partial charge >= 0.3 is 21.6 Å². The fourth-order valence-electron chi connectivity index (χ4n) is 2.54. The van der Waals surface area contributed by atoms with Gasteiger partial charge in [-0.3, -0.25) is 8.98 Å². The van der Waals surface area contributed by atoms with Gasteiger partial charge in [0, 0.05) is 6.42 Å². The summed E-state index contributed by atoms with van der Waals surface area (Å²) in [5.41, 5.74) is -5.29. The molecule has 1 rings (SSSR count). The Labute approximate surface area is 164 Å². The summed E-state index contributed by atoms with van der Waals surface area (Å²) in [5, 5.41) is 0. The molecule has 9 heteroatoms. The molecule has 1 unspecified atom stereocenters. The second-order valence-corrected chi connectivity index (χ2v) is 7.99. The molecule has 0 fully saturated rings. The molecule has 0 N–H and O–H groups in total. The molecule has 1 aromatic carbocycles. The maximum atomic E-state index is 12.6. The third-order valence-electron chi connectivity index (χ3n) is 4.07. The Kier molecular flexibility index (Phi) is 10.5. The summed E-state index contributed by atoms with van der Waals surface area (Å²) in [6.07, 6.45) is 4.25. The third kappa shape index (κ3) is 9.05. The first kappa shape index (κ1) is 24.4. The summed E-state index contributed by atoms with van der Waals surface area (Å²) in [5.74, 6) is -0.595. The van der Waals surface area contributed by atoms with Crippen LogP contribution in [0.25, 0.3) is 0 Å². The van der Waals surface area contributed by atoms with Crippen molar-refractivity contribution >= 4 is 16.1 Å². The van der Waals surface area contributed by atoms with Crippen LogP contribution in [0.1, 0.15) is 70.0 Å². The average molecular weight is 424 g/mol. The largest absolute Gasteiger partial charge is 0.523 e. The van der Waals surface area contributed by atoms with Gasteiger partial charge in [0.05, 0.1) is 6.61 Å². The number of halogens is 3. The van der Waals surface area contributed by atoms with Gasteiger partial charge < -0.3 is 4.74 Å². The SMILES string of the molecule is CCCCCCCCOC(=O)CCC(OS(=O)(=O)C(F)(F)F)c1ccccc1. The molecule has 160 valence electrons. The zero-order valence-electron chi connectivity index (χ0n) is 15.9. The highest BCUT2D eigenvalue weighted by molar-refractivity contribution is 7.87. The van der Waals surface area contributed by atoms with Crippen LogP contribution in [0, 0.1) is 0 Å². The van der Waals surface area contributed by atoms with Crippen LogP contribution in [0.15, 0.2) is 30.3 Å². The molecule has 1 aromatic rings. The Morgan fingerprint density at radius 3 is 2.25 bits per heavy atom. The molecule has 5 nitrogen and oxygen atoms in total. The third-order valence-corrected chi connectivity index (χ3v) is 5.12. The molecule has 0 spiro atoms. The fraction of sp³-hybridized carbons (Fsp3) is 0.632. The van der Waals surface area contributed by atoms with Gasteiger partial charge in [-0.1, -0.05) is 69.4 Å². The van der Waals surface area contributed by atoms with E-state index in [0.717, 1.165) is 32.1 Å². The van der Waals surface area contributed by atoms with Gasteiger partial charge in [0.25, 0.3) is 0 Å². The lowest BCUT2D eigenvalue weighted by atomic mass is 10.1. The van der Waals surface area contributed by atoms with Crippen molar-refractivity contribution in [2.24, 2.45) is 0 Å². The van der Waals surface area contributed by atoms with Gasteiger partial charge in [-0.15, -0.1) is 0 Å². The van der Waals surface area contributed by atoms with Crippen molar-refractivity contribution in [2.75, 3.05) is 6.61 Å². The summed E-state index contributed by atoms with van der Waals surface area (Å²) in [6.45, 7) is 2.36. The molecule has 0 aliphatic carbocycles. The normalized spacial score (nSPS) is 13.3. The van der Waals surface area contributed by atoms with E-state index in [1.807, 2.05) is 0 Å². The summed E-state index contributed by atoms with van der Waals surface area (Å²) < 4.78 is 70.0. The van der Waals surface area contributed by atoms with Crippen molar-refractivity contribution in [3.63, 3.8) is 0 Å². The van der Waals surface area contributed by atoms with E-state index in [1.54, 1.807) is 18.2 Å². The molecule has 0 saturated heterocycles. The lowest BCUT2D eigenvalue weighted by Crippen LogP contribution is -2.27. The molecule has 1 atom stereocenters. The Balaban J connectivity index is 2.53. The minimum Gasteiger partial charge on any atom is -0.466 e. The Bertz CT molecular complexity index is 675. The highest BCUT2D eigenvalue weighted by Gasteiger charge is 2.48. The maximum Gasteiger partial charge on any atom is 0.523 e. The quantitative estimate of drug-likeness (QED) is 0.187. The van der Waals surface area contributed by atoms with Crippen LogP contribution in [0.3, 0.4) is 0 Å². The predicted molar refractivity (Wildman–Crippen MR) is 98.8 cm³/mol. The molecule has 28 heavy (non-hydrogen) atoms. The van der Waals surface area contributed by atoms with E-state index < -0.39 is 27.7 Å². The van der Waals surface area contributed by atoms with E-state index in [9.17, 15) is 26.4 Å². The molecule has 0 bridgehead atoms. The summed E-state index contributed by atoms with van der Waals surface area (Å²) in [6, 6.07) is 7.61. The zero-order chi connectivity index (χ0) is 21.0. The second kappa shape index (κ2) is 12.1. The van der Waals surface area contributed by atoms with E-state index in [2.05, 4.69) is 11.1 Å².